The molecule has 1 aliphatic rings. The van der Waals surface area contributed by atoms with Crippen molar-refractivity contribution in [2.75, 3.05) is 27.2 Å². The molecule has 34 heavy (non-hydrogen) atoms. The normalized spacial score (nSPS) is 15.7. The molecule has 1 N–H and O–H groups in total. The Hall–Kier alpha value is -4.01. The average molecular weight is 461 g/mol. The van der Waals surface area contributed by atoms with Crippen LogP contribution in [0.15, 0.2) is 59.5 Å². The number of hydrogen-bond acceptors (Lipinski definition) is 4. The summed E-state index contributed by atoms with van der Waals surface area (Å²) in [7, 11) is 3.45. The number of halogens is 1. The summed E-state index contributed by atoms with van der Waals surface area (Å²) in [6, 6.07) is 14.4. The van der Waals surface area contributed by atoms with Crippen molar-refractivity contribution >= 4 is 16.9 Å². The number of H-pyrrole nitrogens is 1. The third kappa shape index (κ3) is 4.05. The standard InChI is InChI=1S/C25H25FN6O2/c1-30(2)25(34)31-11-9-16(15-31)12-23-28-29-24(33)32(23)22-8-7-18(13-20(22)26)19-6-5-17-4-3-10-27-21(17)14-19/h3-8,10,13-14,16H,9,11-12,15H2,1-2H3,(H,29,33)/t16-/m0/s1. The van der Waals surface area contributed by atoms with Gasteiger partial charge in [-0.3, -0.25) is 4.98 Å². The maximum atomic E-state index is 15.3. The van der Waals surface area contributed by atoms with Gasteiger partial charge in [0.1, 0.15) is 11.6 Å². The summed E-state index contributed by atoms with van der Waals surface area (Å²) in [5, 5.41) is 7.61. The SMILES string of the molecule is CN(C)C(=O)N1CC[C@@H](Cc2n[nH]c(=O)n2-c2ccc(-c3ccc4cccnc4c3)cc2F)C1. The van der Waals surface area contributed by atoms with Crippen molar-refractivity contribution in [2.45, 2.75) is 12.8 Å². The van der Waals surface area contributed by atoms with E-state index in [0.717, 1.165) is 22.9 Å². The molecule has 0 spiro atoms. The quantitative estimate of drug-likeness (QED) is 0.505. The zero-order chi connectivity index (χ0) is 23.8. The van der Waals surface area contributed by atoms with Crippen molar-refractivity contribution in [3.05, 3.63) is 76.9 Å². The molecular formula is C25H25FN6O2. The maximum absolute atomic E-state index is 15.3. The Labute approximate surface area is 195 Å². The number of aromatic nitrogens is 4. The van der Waals surface area contributed by atoms with Crippen LogP contribution in [0.3, 0.4) is 0 Å². The van der Waals surface area contributed by atoms with E-state index in [0.29, 0.717) is 30.9 Å². The minimum Gasteiger partial charge on any atom is -0.331 e. The highest BCUT2D eigenvalue weighted by Gasteiger charge is 2.29. The lowest BCUT2D eigenvalue weighted by Gasteiger charge is -2.21. The van der Waals surface area contributed by atoms with Gasteiger partial charge in [0.25, 0.3) is 0 Å². The first-order valence-electron chi connectivity index (χ1n) is 11.2. The van der Waals surface area contributed by atoms with Gasteiger partial charge in [-0.1, -0.05) is 24.3 Å². The van der Waals surface area contributed by atoms with Crippen LogP contribution in [0.5, 0.6) is 0 Å². The predicted octanol–water partition coefficient (Wildman–Crippen LogP) is 3.46. The van der Waals surface area contributed by atoms with Crippen LogP contribution >= 0.6 is 0 Å². The van der Waals surface area contributed by atoms with Gasteiger partial charge in [-0.25, -0.2) is 23.6 Å². The molecule has 2 amide bonds. The van der Waals surface area contributed by atoms with Crippen molar-refractivity contribution in [3.63, 3.8) is 0 Å². The second kappa shape index (κ2) is 8.74. The fourth-order valence-electron chi connectivity index (χ4n) is 4.54. The molecule has 1 aliphatic heterocycles. The number of carbonyl (C=O) groups excluding carboxylic acids is 1. The molecule has 9 heteroatoms. The molecular weight excluding hydrogens is 435 g/mol. The summed E-state index contributed by atoms with van der Waals surface area (Å²) >= 11 is 0. The molecule has 0 aliphatic carbocycles. The Kier molecular flexibility index (Phi) is 5.61. The number of likely N-dealkylation sites (tertiary alicyclic amines) is 1. The molecule has 1 saturated heterocycles. The fourth-order valence-corrected chi connectivity index (χ4v) is 4.54. The first-order valence-corrected chi connectivity index (χ1v) is 11.2. The molecule has 3 heterocycles. The Bertz CT molecular complexity index is 1430. The summed E-state index contributed by atoms with van der Waals surface area (Å²) in [5.74, 6) is 0.0835. The topological polar surface area (TPSA) is 87.1 Å². The van der Waals surface area contributed by atoms with Crippen molar-refractivity contribution in [3.8, 4) is 16.8 Å². The number of amides is 2. The maximum Gasteiger partial charge on any atom is 0.348 e. The number of nitrogens with one attached hydrogen (secondary N) is 1. The molecule has 174 valence electrons. The summed E-state index contributed by atoms with van der Waals surface area (Å²) < 4.78 is 16.6. The van der Waals surface area contributed by atoms with Crippen molar-refractivity contribution in [2.24, 2.45) is 5.92 Å². The number of hydrogen-bond donors (Lipinski definition) is 1. The zero-order valence-electron chi connectivity index (χ0n) is 19.0. The van der Waals surface area contributed by atoms with Gasteiger partial charge in [-0.05, 0) is 47.7 Å². The number of urea groups is 1. The van der Waals surface area contributed by atoms with E-state index < -0.39 is 11.5 Å². The van der Waals surface area contributed by atoms with Gasteiger partial charge >= 0.3 is 11.7 Å². The van der Waals surface area contributed by atoms with E-state index in [4.69, 9.17) is 0 Å². The van der Waals surface area contributed by atoms with Crippen molar-refractivity contribution in [1.29, 1.82) is 0 Å². The molecule has 4 aromatic rings. The lowest BCUT2D eigenvalue weighted by atomic mass is 10.0. The van der Waals surface area contributed by atoms with E-state index >= 15 is 4.39 Å². The van der Waals surface area contributed by atoms with Gasteiger partial charge in [0.05, 0.1) is 11.2 Å². The first-order chi connectivity index (χ1) is 16.4. The number of nitrogens with zero attached hydrogens (tertiary/aromatic N) is 5. The predicted molar refractivity (Wildman–Crippen MR) is 127 cm³/mol. The number of pyridine rings is 1. The van der Waals surface area contributed by atoms with Gasteiger partial charge in [-0.15, -0.1) is 0 Å². The fraction of sp³-hybridized carbons (Fsp3) is 0.280. The lowest BCUT2D eigenvalue weighted by molar-refractivity contribution is 0.180. The third-order valence-electron chi connectivity index (χ3n) is 6.28. The molecule has 1 fully saturated rings. The second-order valence-electron chi connectivity index (χ2n) is 8.84. The largest absolute Gasteiger partial charge is 0.348 e. The van der Waals surface area contributed by atoms with Crippen molar-refractivity contribution < 1.29 is 9.18 Å². The zero-order valence-corrected chi connectivity index (χ0v) is 19.0. The van der Waals surface area contributed by atoms with Crippen LogP contribution in [-0.4, -0.2) is 62.8 Å². The first kappa shape index (κ1) is 21.8. The van der Waals surface area contributed by atoms with E-state index in [9.17, 15) is 9.59 Å². The summed E-state index contributed by atoms with van der Waals surface area (Å²) in [5.41, 5.74) is 2.02. The van der Waals surface area contributed by atoms with Gasteiger partial charge in [0.15, 0.2) is 0 Å². The van der Waals surface area contributed by atoms with Crippen LogP contribution in [0.2, 0.25) is 0 Å². The van der Waals surface area contributed by atoms with Crippen LogP contribution in [0.1, 0.15) is 12.2 Å². The van der Waals surface area contributed by atoms with E-state index in [1.54, 1.807) is 42.2 Å². The Balaban J connectivity index is 1.41. The minimum absolute atomic E-state index is 0.0348. The Morgan fingerprint density at radius 3 is 2.76 bits per heavy atom. The molecule has 8 nitrogen and oxygen atoms in total. The average Bonchev–Trinajstić information content (AvgIpc) is 3.45. The van der Waals surface area contributed by atoms with E-state index in [1.165, 1.54) is 10.6 Å². The number of benzene rings is 2. The van der Waals surface area contributed by atoms with Gasteiger partial charge in [-0.2, -0.15) is 5.10 Å². The molecule has 0 saturated carbocycles. The lowest BCUT2D eigenvalue weighted by Crippen LogP contribution is -2.37. The Morgan fingerprint density at radius 2 is 1.97 bits per heavy atom. The van der Waals surface area contributed by atoms with Crippen LogP contribution in [0, 0.1) is 11.7 Å². The van der Waals surface area contributed by atoms with Crippen LogP contribution in [0.25, 0.3) is 27.7 Å². The molecule has 0 bridgehead atoms. The van der Waals surface area contributed by atoms with E-state index in [2.05, 4.69) is 15.2 Å². The van der Waals surface area contributed by atoms with Crippen LogP contribution < -0.4 is 5.69 Å². The number of fused-ring (bicyclic) bond motifs is 1. The Morgan fingerprint density at radius 1 is 1.18 bits per heavy atom. The summed E-state index contributed by atoms with van der Waals surface area (Å²) in [4.78, 5) is 32.5. The summed E-state index contributed by atoms with van der Waals surface area (Å²) in [6.07, 6.45) is 2.99. The minimum atomic E-state index is -0.515. The van der Waals surface area contributed by atoms with Gasteiger partial charge in [0, 0.05) is 45.2 Å². The van der Waals surface area contributed by atoms with Gasteiger partial charge < -0.3 is 9.80 Å². The third-order valence-corrected chi connectivity index (χ3v) is 6.28. The summed E-state index contributed by atoms with van der Waals surface area (Å²) in [6.45, 7) is 1.23. The van der Waals surface area contributed by atoms with E-state index in [1.807, 2.05) is 30.3 Å². The smallest absolute Gasteiger partial charge is 0.331 e. The van der Waals surface area contributed by atoms with Crippen LogP contribution in [0.4, 0.5) is 9.18 Å². The highest BCUT2D eigenvalue weighted by atomic mass is 19.1. The van der Waals surface area contributed by atoms with Gasteiger partial charge in [0.2, 0.25) is 0 Å². The monoisotopic (exact) mass is 460 g/mol. The number of rotatable bonds is 4. The molecule has 0 radical (unpaired) electrons. The molecule has 2 aromatic heterocycles. The highest BCUT2D eigenvalue weighted by Crippen LogP contribution is 2.27. The number of aromatic amines is 1. The molecule has 1 atom stereocenters. The van der Waals surface area contributed by atoms with Crippen LogP contribution in [-0.2, 0) is 6.42 Å². The second-order valence-corrected chi connectivity index (χ2v) is 8.84. The molecule has 2 aromatic carbocycles. The number of carbonyl (C=O) groups is 1. The highest BCUT2D eigenvalue weighted by molar-refractivity contribution is 5.84. The molecule has 0 unspecified atom stereocenters. The van der Waals surface area contributed by atoms with Crippen molar-refractivity contribution in [1.82, 2.24) is 29.5 Å². The molecule has 5 rings (SSSR count). The van der Waals surface area contributed by atoms with E-state index in [-0.39, 0.29) is 17.6 Å².